The number of anilines is 1. The van der Waals surface area contributed by atoms with Gasteiger partial charge in [0.25, 0.3) is 5.56 Å². The number of aryl methyl sites for hydroxylation is 2. The summed E-state index contributed by atoms with van der Waals surface area (Å²) in [5.74, 6) is -0.363. The molecule has 1 heterocycles. The van der Waals surface area contributed by atoms with Crippen molar-refractivity contribution in [3.8, 4) is 0 Å². The summed E-state index contributed by atoms with van der Waals surface area (Å²) >= 11 is 0. The van der Waals surface area contributed by atoms with Gasteiger partial charge in [0, 0.05) is 13.2 Å². The molecule has 0 aliphatic rings. The van der Waals surface area contributed by atoms with Crippen LogP contribution in [-0.4, -0.2) is 16.5 Å². The number of aromatic nitrogens is 1. The van der Waals surface area contributed by atoms with Crippen molar-refractivity contribution in [3.05, 3.63) is 28.2 Å². The average Bonchev–Trinajstić information content (AvgIpc) is 2.13. The van der Waals surface area contributed by atoms with E-state index in [0.717, 1.165) is 5.56 Å². The second kappa shape index (κ2) is 4.27. The maximum Gasteiger partial charge on any atom is 0.274 e. The van der Waals surface area contributed by atoms with Crippen LogP contribution in [0.1, 0.15) is 12.5 Å². The molecule has 1 aromatic heterocycles. The van der Waals surface area contributed by atoms with Crippen molar-refractivity contribution in [3.63, 3.8) is 0 Å². The van der Waals surface area contributed by atoms with Gasteiger partial charge in [0.1, 0.15) is 5.69 Å². The number of amides is 1. The first-order valence-corrected chi connectivity index (χ1v) is 4.65. The number of pyridine rings is 1. The Kier molecular flexibility index (Phi) is 3.26. The van der Waals surface area contributed by atoms with Gasteiger partial charge in [0.2, 0.25) is 5.91 Å². The third-order valence-electron chi connectivity index (χ3n) is 1.99. The summed E-state index contributed by atoms with van der Waals surface area (Å²) in [5, 5.41) is 2.49. The van der Waals surface area contributed by atoms with Crippen LogP contribution in [0, 0.1) is 6.92 Å². The number of carbonyl (C=O) groups excluding carboxylic acids is 1. The zero-order valence-corrected chi connectivity index (χ0v) is 9.07. The van der Waals surface area contributed by atoms with E-state index < -0.39 is 6.04 Å². The molecule has 0 radical (unpaired) electrons. The van der Waals surface area contributed by atoms with Gasteiger partial charge in [0.05, 0.1) is 6.04 Å². The molecular formula is C10H15N3O2. The number of carbonyl (C=O) groups is 1. The van der Waals surface area contributed by atoms with Gasteiger partial charge in [-0.25, -0.2) is 0 Å². The van der Waals surface area contributed by atoms with Crippen LogP contribution in [0.2, 0.25) is 0 Å². The summed E-state index contributed by atoms with van der Waals surface area (Å²) in [6.45, 7) is 3.41. The van der Waals surface area contributed by atoms with Crippen molar-refractivity contribution in [1.29, 1.82) is 0 Å². The van der Waals surface area contributed by atoms with Crippen molar-refractivity contribution < 1.29 is 4.79 Å². The van der Waals surface area contributed by atoms with Crippen molar-refractivity contribution >= 4 is 11.6 Å². The van der Waals surface area contributed by atoms with E-state index >= 15 is 0 Å². The topological polar surface area (TPSA) is 77.1 Å². The Bertz CT molecular complexity index is 435. The summed E-state index contributed by atoms with van der Waals surface area (Å²) in [6.07, 6.45) is 1.70. The molecule has 0 aliphatic carbocycles. The molecule has 82 valence electrons. The Hall–Kier alpha value is -1.62. The van der Waals surface area contributed by atoms with Gasteiger partial charge >= 0.3 is 0 Å². The summed E-state index contributed by atoms with van der Waals surface area (Å²) in [7, 11) is 1.64. The van der Waals surface area contributed by atoms with Gasteiger partial charge in [-0.05, 0) is 25.5 Å². The minimum Gasteiger partial charge on any atom is -0.320 e. The first-order chi connectivity index (χ1) is 6.91. The lowest BCUT2D eigenvalue weighted by Gasteiger charge is -2.09. The Labute approximate surface area is 87.9 Å². The van der Waals surface area contributed by atoms with E-state index in [2.05, 4.69) is 5.32 Å². The van der Waals surface area contributed by atoms with E-state index in [1.165, 1.54) is 4.57 Å². The predicted octanol–water partition coefficient (Wildman–Crippen LogP) is -0.0206. The van der Waals surface area contributed by atoms with Crippen LogP contribution in [-0.2, 0) is 11.8 Å². The minimum atomic E-state index is -0.629. The highest BCUT2D eigenvalue weighted by atomic mass is 16.2. The summed E-state index contributed by atoms with van der Waals surface area (Å²) in [4.78, 5) is 22.9. The fourth-order valence-corrected chi connectivity index (χ4v) is 1.22. The second-order valence-electron chi connectivity index (χ2n) is 3.63. The van der Waals surface area contributed by atoms with Crippen LogP contribution in [0.15, 0.2) is 17.1 Å². The van der Waals surface area contributed by atoms with E-state index in [-0.39, 0.29) is 17.2 Å². The molecule has 1 rings (SSSR count). The van der Waals surface area contributed by atoms with E-state index in [0.29, 0.717) is 0 Å². The summed E-state index contributed by atoms with van der Waals surface area (Å²) in [6, 6.07) is 0.998. The molecule has 1 aromatic rings. The highest BCUT2D eigenvalue weighted by molar-refractivity contribution is 5.94. The van der Waals surface area contributed by atoms with Gasteiger partial charge in [-0.3, -0.25) is 9.59 Å². The Morgan fingerprint density at radius 2 is 2.20 bits per heavy atom. The van der Waals surface area contributed by atoms with Crippen molar-refractivity contribution in [2.75, 3.05) is 5.32 Å². The number of rotatable bonds is 2. The van der Waals surface area contributed by atoms with Crippen LogP contribution < -0.4 is 16.6 Å². The number of hydrogen-bond donors (Lipinski definition) is 2. The molecule has 0 aromatic carbocycles. The van der Waals surface area contributed by atoms with Crippen LogP contribution in [0.25, 0.3) is 0 Å². The van der Waals surface area contributed by atoms with Gasteiger partial charge in [-0.1, -0.05) is 0 Å². The molecule has 5 nitrogen and oxygen atoms in total. The van der Waals surface area contributed by atoms with Gasteiger partial charge in [-0.15, -0.1) is 0 Å². The molecule has 0 saturated carbocycles. The molecule has 0 spiro atoms. The number of nitrogens with one attached hydrogen (secondary N) is 1. The molecule has 1 atom stereocenters. The summed E-state index contributed by atoms with van der Waals surface area (Å²) in [5.41, 5.74) is 6.31. The number of nitrogens with zero attached hydrogens (tertiary/aromatic N) is 1. The van der Waals surface area contributed by atoms with Crippen LogP contribution in [0.3, 0.4) is 0 Å². The van der Waals surface area contributed by atoms with E-state index in [4.69, 9.17) is 5.73 Å². The zero-order valence-electron chi connectivity index (χ0n) is 9.07. The van der Waals surface area contributed by atoms with Gasteiger partial charge < -0.3 is 15.6 Å². The molecule has 15 heavy (non-hydrogen) atoms. The molecule has 5 heteroatoms. The van der Waals surface area contributed by atoms with Crippen LogP contribution in [0.5, 0.6) is 0 Å². The molecule has 1 amide bonds. The lowest BCUT2D eigenvalue weighted by atomic mass is 10.2. The lowest BCUT2D eigenvalue weighted by molar-refractivity contribution is -0.117. The first-order valence-electron chi connectivity index (χ1n) is 4.65. The third-order valence-corrected chi connectivity index (χ3v) is 1.99. The molecule has 0 bridgehead atoms. The normalized spacial score (nSPS) is 12.3. The average molecular weight is 209 g/mol. The smallest absolute Gasteiger partial charge is 0.274 e. The number of hydrogen-bond acceptors (Lipinski definition) is 3. The highest BCUT2D eigenvalue weighted by Crippen LogP contribution is 2.03. The summed E-state index contributed by atoms with van der Waals surface area (Å²) < 4.78 is 1.42. The van der Waals surface area contributed by atoms with Crippen molar-refractivity contribution in [2.24, 2.45) is 12.8 Å². The van der Waals surface area contributed by atoms with Crippen LogP contribution >= 0.6 is 0 Å². The Morgan fingerprint density at radius 1 is 1.60 bits per heavy atom. The molecule has 0 unspecified atom stereocenters. The van der Waals surface area contributed by atoms with Crippen molar-refractivity contribution in [1.82, 2.24) is 4.57 Å². The van der Waals surface area contributed by atoms with Gasteiger partial charge in [0.15, 0.2) is 0 Å². The molecule has 3 N–H and O–H groups in total. The van der Waals surface area contributed by atoms with E-state index in [1.807, 2.05) is 6.92 Å². The number of nitrogens with two attached hydrogens (primary N) is 1. The lowest BCUT2D eigenvalue weighted by Crippen LogP contribution is -2.35. The maximum atomic E-state index is 11.6. The zero-order chi connectivity index (χ0) is 11.6. The highest BCUT2D eigenvalue weighted by Gasteiger charge is 2.10. The SMILES string of the molecule is Cc1cc(NC(=O)[C@@H](C)N)c(=O)n(C)c1. The standard InChI is InChI=1S/C10H15N3O2/c1-6-4-8(10(15)13(3)5-6)12-9(14)7(2)11/h4-5,7H,11H2,1-3H3,(H,12,14)/t7-/m1/s1. The minimum absolute atomic E-state index is 0.241. The predicted molar refractivity (Wildman–Crippen MR) is 58.7 cm³/mol. The fourth-order valence-electron chi connectivity index (χ4n) is 1.22. The third kappa shape index (κ3) is 2.66. The molecule has 0 saturated heterocycles. The maximum absolute atomic E-state index is 11.6. The molecular weight excluding hydrogens is 194 g/mol. The largest absolute Gasteiger partial charge is 0.320 e. The van der Waals surface area contributed by atoms with Gasteiger partial charge in [-0.2, -0.15) is 0 Å². The Morgan fingerprint density at radius 3 is 2.73 bits per heavy atom. The quantitative estimate of drug-likeness (QED) is 0.718. The first kappa shape index (κ1) is 11.5. The Balaban J connectivity index is 3.05. The van der Waals surface area contributed by atoms with E-state index in [9.17, 15) is 9.59 Å². The molecule has 0 aliphatic heterocycles. The van der Waals surface area contributed by atoms with E-state index in [1.54, 1.807) is 26.2 Å². The fraction of sp³-hybridized carbons (Fsp3) is 0.400. The van der Waals surface area contributed by atoms with Crippen LogP contribution in [0.4, 0.5) is 5.69 Å². The molecule has 0 fully saturated rings. The van der Waals surface area contributed by atoms with Crippen molar-refractivity contribution in [2.45, 2.75) is 19.9 Å². The monoisotopic (exact) mass is 209 g/mol. The second-order valence-corrected chi connectivity index (χ2v) is 3.63.